The van der Waals surface area contributed by atoms with Crippen LogP contribution in [0.5, 0.6) is 0 Å². The van der Waals surface area contributed by atoms with Gasteiger partial charge in [0.25, 0.3) is 0 Å². The maximum absolute atomic E-state index is 12.2. The summed E-state index contributed by atoms with van der Waals surface area (Å²) < 4.78 is 0. The summed E-state index contributed by atoms with van der Waals surface area (Å²) in [5.41, 5.74) is 0. The van der Waals surface area contributed by atoms with Gasteiger partial charge in [0, 0.05) is 12.5 Å². The molecule has 0 aromatic rings. The van der Waals surface area contributed by atoms with E-state index in [1.165, 1.54) is 38.5 Å². The van der Waals surface area contributed by atoms with Crippen LogP contribution in [0.3, 0.4) is 0 Å². The molecule has 1 unspecified atom stereocenters. The highest BCUT2D eigenvalue weighted by Gasteiger charge is 2.33. The fraction of sp³-hybridized carbons (Fsp3) is 0.938. The van der Waals surface area contributed by atoms with E-state index >= 15 is 0 Å². The molecule has 2 aliphatic carbocycles. The van der Waals surface area contributed by atoms with Gasteiger partial charge >= 0.3 is 0 Å². The van der Waals surface area contributed by atoms with E-state index in [4.69, 9.17) is 0 Å². The van der Waals surface area contributed by atoms with Gasteiger partial charge < -0.3 is 0 Å². The number of hydrogen-bond acceptors (Lipinski definition) is 2. The van der Waals surface area contributed by atoms with Crippen molar-refractivity contribution in [2.24, 2.45) is 5.92 Å². The highest BCUT2D eigenvalue weighted by atomic mass is 16.1. The third-order valence-electron chi connectivity index (χ3n) is 4.68. The van der Waals surface area contributed by atoms with Gasteiger partial charge in [0.05, 0.1) is 6.04 Å². The largest absolute Gasteiger partial charge is 0.298 e. The minimum absolute atomic E-state index is 0.264. The summed E-state index contributed by atoms with van der Waals surface area (Å²) in [5.74, 6) is 1.27. The van der Waals surface area contributed by atoms with Crippen LogP contribution >= 0.6 is 0 Å². The first kappa shape index (κ1) is 14.0. The third kappa shape index (κ3) is 3.57. The van der Waals surface area contributed by atoms with Crippen molar-refractivity contribution < 1.29 is 4.79 Å². The van der Waals surface area contributed by atoms with Gasteiger partial charge in [-0.25, -0.2) is 0 Å². The molecule has 0 aromatic heterocycles. The quantitative estimate of drug-likeness (QED) is 0.741. The summed E-state index contributed by atoms with van der Waals surface area (Å²) in [4.78, 5) is 14.8. The number of carbonyl (C=O) groups excluding carboxylic acids is 1. The molecule has 0 saturated heterocycles. The average molecular weight is 251 g/mol. The summed E-state index contributed by atoms with van der Waals surface area (Å²) in [5, 5.41) is 0. The molecule has 2 rings (SSSR count). The fourth-order valence-corrected chi connectivity index (χ4v) is 3.55. The number of carbonyl (C=O) groups is 1. The Hall–Kier alpha value is -0.370. The summed E-state index contributed by atoms with van der Waals surface area (Å²) in [6, 6.07) is 0.969. The lowest BCUT2D eigenvalue weighted by Crippen LogP contribution is -2.48. The highest BCUT2D eigenvalue weighted by Crippen LogP contribution is 2.30. The van der Waals surface area contributed by atoms with E-state index in [1.54, 1.807) is 0 Å². The maximum atomic E-state index is 12.2. The Morgan fingerprint density at radius 3 is 2.39 bits per heavy atom. The summed E-state index contributed by atoms with van der Waals surface area (Å²) in [6.07, 6.45) is 10.9. The molecular formula is C16H29NO. The van der Waals surface area contributed by atoms with Gasteiger partial charge in [0.2, 0.25) is 0 Å². The van der Waals surface area contributed by atoms with Gasteiger partial charge in [-0.2, -0.15) is 0 Å². The molecule has 0 spiro atoms. The Morgan fingerprint density at radius 2 is 1.78 bits per heavy atom. The van der Waals surface area contributed by atoms with Gasteiger partial charge in [-0.15, -0.1) is 0 Å². The zero-order chi connectivity index (χ0) is 13.0. The Bertz CT molecular complexity index is 268. The maximum Gasteiger partial charge on any atom is 0.149 e. The number of hydrogen-bond donors (Lipinski definition) is 0. The Kier molecular flexibility index (Phi) is 5.23. The van der Waals surface area contributed by atoms with E-state index in [2.05, 4.69) is 18.7 Å². The molecule has 0 N–H and O–H groups in total. The molecular weight excluding hydrogens is 222 g/mol. The van der Waals surface area contributed by atoms with E-state index in [0.29, 0.717) is 11.8 Å². The molecule has 0 amide bonds. The molecule has 2 fully saturated rings. The second-order valence-corrected chi connectivity index (χ2v) is 6.59. The monoisotopic (exact) mass is 251 g/mol. The Balaban J connectivity index is 1.99. The summed E-state index contributed by atoms with van der Waals surface area (Å²) >= 11 is 0. The van der Waals surface area contributed by atoms with Crippen LogP contribution in [0.2, 0.25) is 0 Å². The van der Waals surface area contributed by atoms with Crippen molar-refractivity contribution in [3.05, 3.63) is 0 Å². The number of ketones is 1. The van der Waals surface area contributed by atoms with Crippen LogP contribution < -0.4 is 0 Å². The van der Waals surface area contributed by atoms with E-state index in [-0.39, 0.29) is 6.04 Å². The molecule has 1 atom stereocenters. The smallest absolute Gasteiger partial charge is 0.149 e. The van der Waals surface area contributed by atoms with E-state index < -0.39 is 0 Å². The first-order valence-corrected chi connectivity index (χ1v) is 7.97. The second kappa shape index (κ2) is 6.70. The molecule has 0 radical (unpaired) electrons. The van der Waals surface area contributed by atoms with Crippen molar-refractivity contribution in [3.63, 3.8) is 0 Å². The fourth-order valence-electron chi connectivity index (χ4n) is 3.55. The molecule has 0 bridgehead atoms. The summed E-state index contributed by atoms with van der Waals surface area (Å²) in [7, 11) is 0. The lowest BCUT2D eigenvalue weighted by atomic mass is 9.91. The molecule has 2 nitrogen and oxygen atoms in total. The van der Waals surface area contributed by atoms with Crippen molar-refractivity contribution in [2.45, 2.75) is 83.7 Å². The molecule has 0 heterocycles. The Morgan fingerprint density at radius 1 is 1.11 bits per heavy atom. The number of nitrogens with zero attached hydrogens (tertiary/aromatic N) is 1. The highest BCUT2D eigenvalue weighted by molar-refractivity contribution is 5.84. The van der Waals surface area contributed by atoms with Crippen LogP contribution in [-0.2, 0) is 4.79 Å². The van der Waals surface area contributed by atoms with Crippen molar-refractivity contribution in [3.8, 4) is 0 Å². The van der Waals surface area contributed by atoms with Gasteiger partial charge in [-0.3, -0.25) is 9.69 Å². The molecule has 2 saturated carbocycles. The van der Waals surface area contributed by atoms with Crippen molar-refractivity contribution in [1.82, 2.24) is 4.90 Å². The predicted octanol–water partition coefficient (Wildman–Crippen LogP) is 3.79. The normalized spacial score (nSPS) is 26.4. The predicted molar refractivity (Wildman–Crippen MR) is 75.7 cm³/mol. The van der Waals surface area contributed by atoms with Crippen molar-refractivity contribution in [1.29, 1.82) is 0 Å². The van der Waals surface area contributed by atoms with Crippen LogP contribution in [0.1, 0.15) is 71.6 Å². The summed E-state index contributed by atoms with van der Waals surface area (Å²) in [6.45, 7) is 5.71. The van der Waals surface area contributed by atoms with E-state index in [0.717, 1.165) is 31.7 Å². The standard InChI is InChI=1S/C16H29NO/c1-13(2)11-12-17(14-7-3-4-8-14)15-9-5-6-10-16(15)18/h13-15H,3-12H2,1-2H3. The zero-order valence-electron chi connectivity index (χ0n) is 12.2. The van der Waals surface area contributed by atoms with E-state index in [9.17, 15) is 4.79 Å². The number of rotatable bonds is 5. The van der Waals surface area contributed by atoms with Crippen LogP contribution in [0, 0.1) is 5.92 Å². The van der Waals surface area contributed by atoms with Crippen LogP contribution in [0.4, 0.5) is 0 Å². The van der Waals surface area contributed by atoms with Crippen LogP contribution in [0.25, 0.3) is 0 Å². The Labute approximate surface area is 112 Å². The molecule has 104 valence electrons. The molecule has 0 aliphatic heterocycles. The van der Waals surface area contributed by atoms with E-state index in [1.807, 2.05) is 0 Å². The minimum atomic E-state index is 0.264. The molecule has 18 heavy (non-hydrogen) atoms. The van der Waals surface area contributed by atoms with Gasteiger partial charge in [0.15, 0.2) is 0 Å². The van der Waals surface area contributed by atoms with Gasteiger partial charge in [-0.1, -0.05) is 33.1 Å². The zero-order valence-corrected chi connectivity index (χ0v) is 12.2. The minimum Gasteiger partial charge on any atom is -0.298 e. The molecule has 2 heteroatoms. The van der Waals surface area contributed by atoms with Gasteiger partial charge in [-0.05, 0) is 44.6 Å². The van der Waals surface area contributed by atoms with Crippen molar-refractivity contribution in [2.75, 3.05) is 6.54 Å². The average Bonchev–Trinajstić information content (AvgIpc) is 2.85. The van der Waals surface area contributed by atoms with Gasteiger partial charge in [0.1, 0.15) is 5.78 Å². The molecule has 0 aromatic carbocycles. The lowest BCUT2D eigenvalue weighted by Gasteiger charge is -2.38. The SMILES string of the molecule is CC(C)CCN(C1CCCC1)C1CCCCC1=O. The third-order valence-corrected chi connectivity index (χ3v) is 4.68. The first-order chi connectivity index (χ1) is 8.68. The first-order valence-electron chi connectivity index (χ1n) is 7.97. The molecule has 2 aliphatic rings. The van der Waals surface area contributed by atoms with Crippen LogP contribution in [-0.4, -0.2) is 29.3 Å². The van der Waals surface area contributed by atoms with Crippen LogP contribution in [0.15, 0.2) is 0 Å². The van der Waals surface area contributed by atoms with Crippen molar-refractivity contribution >= 4 is 5.78 Å². The number of Topliss-reactive ketones (excluding diaryl/α,β-unsaturated/α-hetero) is 1. The topological polar surface area (TPSA) is 20.3 Å². The lowest BCUT2D eigenvalue weighted by molar-refractivity contribution is -0.127. The second-order valence-electron chi connectivity index (χ2n) is 6.59.